The van der Waals surface area contributed by atoms with Gasteiger partial charge in [-0.3, -0.25) is 9.69 Å². The molecule has 24 heavy (non-hydrogen) atoms. The Bertz CT molecular complexity index is 710. The van der Waals surface area contributed by atoms with Gasteiger partial charge in [-0.25, -0.2) is 0 Å². The molecule has 2 aromatic rings. The van der Waals surface area contributed by atoms with E-state index in [1.54, 1.807) is 0 Å². The van der Waals surface area contributed by atoms with Gasteiger partial charge >= 0.3 is 0 Å². The molecule has 1 amide bonds. The minimum absolute atomic E-state index is 0.00925. The first kappa shape index (κ1) is 16.7. The Morgan fingerprint density at radius 1 is 1.08 bits per heavy atom. The molecule has 3 nitrogen and oxygen atoms in total. The Morgan fingerprint density at radius 2 is 1.83 bits per heavy atom. The molecule has 1 heterocycles. The number of carbonyl (C=O) groups excluding carboxylic acids is 1. The van der Waals surface area contributed by atoms with Crippen molar-refractivity contribution in [3.63, 3.8) is 0 Å². The molecule has 0 radical (unpaired) electrons. The number of benzene rings is 2. The molecule has 0 spiro atoms. The van der Waals surface area contributed by atoms with Crippen LogP contribution < -0.4 is 5.32 Å². The van der Waals surface area contributed by atoms with E-state index in [1.165, 1.54) is 11.1 Å². The fourth-order valence-electron chi connectivity index (χ4n) is 2.86. The Labute approximate surface area is 147 Å². The first-order valence-electron chi connectivity index (χ1n) is 8.23. The van der Waals surface area contributed by atoms with Crippen LogP contribution in [0.3, 0.4) is 0 Å². The lowest BCUT2D eigenvalue weighted by Crippen LogP contribution is -2.37. The summed E-state index contributed by atoms with van der Waals surface area (Å²) >= 11 is 5.94. The van der Waals surface area contributed by atoms with Crippen molar-refractivity contribution < 1.29 is 4.79 Å². The molecule has 1 N–H and O–H groups in total. The van der Waals surface area contributed by atoms with Crippen molar-refractivity contribution in [3.05, 3.63) is 76.8 Å². The van der Waals surface area contributed by atoms with Crippen molar-refractivity contribution in [3.8, 4) is 0 Å². The normalized spacial score (nSPS) is 15.0. The highest BCUT2D eigenvalue weighted by Gasteiger charge is 2.13. The molecule has 2 aromatic carbocycles. The molecule has 0 aromatic heterocycles. The van der Waals surface area contributed by atoms with Crippen molar-refractivity contribution in [2.45, 2.75) is 6.42 Å². The van der Waals surface area contributed by atoms with Crippen LogP contribution in [0, 0.1) is 0 Å². The van der Waals surface area contributed by atoms with Gasteiger partial charge < -0.3 is 5.32 Å². The van der Waals surface area contributed by atoms with E-state index in [-0.39, 0.29) is 5.91 Å². The van der Waals surface area contributed by atoms with Gasteiger partial charge in [-0.15, -0.1) is 0 Å². The maximum atomic E-state index is 12.0. The average molecular weight is 341 g/mol. The molecule has 0 unspecified atom stereocenters. The molecule has 0 bridgehead atoms. The third kappa shape index (κ3) is 4.47. The van der Waals surface area contributed by atoms with E-state index < -0.39 is 0 Å². The van der Waals surface area contributed by atoms with Crippen LogP contribution in [0.25, 0.3) is 5.57 Å². The molecule has 1 aliphatic heterocycles. The second-order valence-corrected chi connectivity index (χ2v) is 6.35. The van der Waals surface area contributed by atoms with E-state index in [4.69, 9.17) is 11.6 Å². The van der Waals surface area contributed by atoms with Gasteiger partial charge in [0.15, 0.2) is 0 Å². The molecule has 1 aliphatic rings. The van der Waals surface area contributed by atoms with Crippen LogP contribution in [-0.4, -0.2) is 37.0 Å². The highest BCUT2D eigenvalue weighted by atomic mass is 35.5. The molecule has 0 fully saturated rings. The van der Waals surface area contributed by atoms with Crippen LogP contribution in [0.15, 0.2) is 60.7 Å². The zero-order valence-corrected chi connectivity index (χ0v) is 14.3. The fourth-order valence-corrected chi connectivity index (χ4v) is 2.99. The summed E-state index contributed by atoms with van der Waals surface area (Å²) in [6, 6.07) is 17.3. The second-order valence-electron chi connectivity index (χ2n) is 5.91. The Balaban J connectivity index is 1.45. The van der Waals surface area contributed by atoms with Crippen LogP contribution in [0.1, 0.15) is 22.3 Å². The SMILES string of the molecule is O=C(NCCN1CC=C(c2ccc(Cl)cc2)CC1)c1ccccc1. The number of halogens is 1. The van der Waals surface area contributed by atoms with E-state index in [9.17, 15) is 4.79 Å². The van der Waals surface area contributed by atoms with Crippen molar-refractivity contribution >= 4 is 23.1 Å². The molecule has 0 atom stereocenters. The van der Waals surface area contributed by atoms with Crippen LogP contribution in [0.2, 0.25) is 5.02 Å². The van der Waals surface area contributed by atoms with Gasteiger partial charge in [-0.1, -0.05) is 48.0 Å². The average Bonchev–Trinajstić information content (AvgIpc) is 2.64. The number of amides is 1. The van der Waals surface area contributed by atoms with Gasteiger partial charge in [-0.05, 0) is 41.8 Å². The summed E-state index contributed by atoms with van der Waals surface area (Å²) in [6.45, 7) is 3.45. The Kier molecular flexibility index (Phi) is 5.68. The maximum Gasteiger partial charge on any atom is 0.251 e. The lowest BCUT2D eigenvalue weighted by Gasteiger charge is -2.26. The Morgan fingerprint density at radius 3 is 2.50 bits per heavy atom. The lowest BCUT2D eigenvalue weighted by molar-refractivity contribution is 0.0949. The van der Waals surface area contributed by atoms with Gasteiger partial charge in [0.25, 0.3) is 5.91 Å². The van der Waals surface area contributed by atoms with Gasteiger partial charge in [0.1, 0.15) is 0 Å². The number of rotatable bonds is 5. The number of nitrogens with one attached hydrogen (secondary N) is 1. The zero-order valence-electron chi connectivity index (χ0n) is 13.5. The summed E-state index contributed by atoms with van der Waals surface area (Å²) in [6.07, 6.45) is 3.29. The smallest absolute Gasteiger partial charge is 0.251 e. The first-order chi connectivity index (χ1) is 11.7. The highest BCUT2D eigenvalue weighted by molar-refractivity contribution is 6.30. The number of carbonyl (C=O) groups is 1. The van der Waals surface area contributed by atoms with Gasteiger partial charge in [-0.2, -0.15) is 0 Å². The van der Waals surface area contributed by atoms with Crippen molar-refractivity contribution in [1.29, 1.82) is 0 Å². The minimum atomic E-state index is -0.00925. The predicted molar refractivity (Wildman–Crippen MR) is 99.3 cm³/mol. The fraction of sp³-hybridized carbons (Fsp3) is 0.250. The highest BCUT2D eigenvalue weighted by Crippen LogP contribution is 2.23. The summed E-state index contributed by atoms with van der Waals surface area (Å²) in [5.74, 6) is -0.00925. The van der Waals surface area contributed by atoms with E-state index in [1.807, 2.05) is 42.5 Å². The van der Waals surface area contributed by atoms with Crippen molar-refractivity contribution in [2.75, 3.05) is 26.2 Å². The van der Waals surface area contributed by atoms with Crippen LogP contribution >= 0.6 is 11.6 Å². The van der Waals surface area contributed by atoms with Crippen molar-refractivity contribution in [1.82, 2.24) is 10.2 Å². The standard InChI is InChI=1S/C20H21ClN2O/c21-19-8-6-16(7-9-19)17-10-13-23(14-11-17)15-12-22-20(24)18-4-2-1-3-5-18/h1-10H,11-15H2,(H,22,24). The van der Waals surface area contributed by atoms with E-state index in [2.05, 4.69) is 28.4 Å². The molecule has 4 heteroatoms. The number of hydrogen-bond acceptors (Lipinski definition) is 2. The molecular formula is C20H21ClN2O. The monoisotopic (exact) mass is 340 g/mol. The summed E-state index contributed by atoms with van der Waals surface area (Å²) in [5, 5.41) is 3.75. The van der Waals surface area contributed by atoms with Gasteiger partial charge in [0.2, 0.25) is 0 Å². The van der Waals surface area contributed by atoms with Crippen molar-refractivity contribution in [2.24, 2.45) is 0 Å². The number of nitrogens with zero attached hydrogens (tertiary/aromatic N) is 1. The topological polar surface area (TPSA) is 32.3 Å². The molecule has 3 rings (SSSR count). The molecular weight excluding hydrogens is 320 g/mol. The molecule has 0 saturated carbocycles. The van der Waals surface area contributed by atoms with Gasteiger partial charge in [0, 0.05) is 36.8 Å². The number of hydrogen-bond donors (Lipinski definition) is 1. The summed E-state index contributed by atoms with van der Waals surface area (Å²) in [7, 11) is 0. The molecule has 124 valence electrons. The second kappa shape index (κ2) is 8.13. The maximum absolute atomic E-state index is 12.0. The van der Waals surface area contributed by atoms with Gasteiger partial charge in [0.05, 0.1) is 0 Å². The van der Waals surface area contributed by atoms with Crippen LogP contribution in [0.4, 0.5) is 0 Å². The first-order valence-corrected chi connectivity index (χ1v) is 8.61. The lowest BCUT2D eigenvalue weighted by atomic mass is 9.99. The summed E-state index contributed by atoms with van der Waals surface area (Å²) < 4.78 is 0. The Hall–Kier alpha value is -2.10. The quantitative estimate of drug-likeness (QED) is 0.896. The van der Waals surface area contributed by atoms with E-state index >= 15 is 0 Å². The van der Waals surface area contributed by atoms with Crippen LogP contribution in [0.5, 0.6) is 0 Å². The summed E-state index contributed by atoms with van der Waals surface area (Å²) in [5.41, 5.74) is 3.33. The predicted octanol–water partition coefficient (Wildman–Crippen LogP) is 3.86. The summed E-state index contributed by atoms with van der Waals surface area (Å²) in [4.78, 5) is 14.4. The zero-order chi connectivity index (χ0) is 16.8. The van der Waals surface area contributed by atoms with E-state index in [0.29, 0.717) is 12.1 Å². The van der Waals surface area contributed by atoms with E-state index in [0.717, 1.165) is 31.1 Å². The molecule has 0 saturated heterocycles. The third-order valence-electron chi connectivity index (χ3n) is 4.26. The molecule has 0 aliphatic carbocycles. The largest absolute Gasteiger partial charge is 0.351 e. The third-order valence-corrected chi connectivity index (χ3v) is 4.51. The van der Waals surface area contributed by atoms with Crippen LogP contribution in [-0.2, 0) is 0 Å². The minimum Gasteiger partial charge on any atom is -0.351 e.